The van der Waals surface area contributed by atoms with Gasteiger partial charge in [-0.2, -0.15) is 0 Å². The van der Waals surface area contributed by atoms with Gasteiger partial charge in [-0.05, 0) is 37.9 Å². The van der Waals surface area contributed by atoms with Gasteiger partial charge in [0.1, 0.15) is 0 Å². The maximum atomic E-state index is 6.37. The molecule has 2 unspecified atom stereocenters. The van der Waals surface area contributed by atoms with E-state index in [1.54, 1.807) is 0 Å². The van der Waals surface area contributed by atoms with Gasteiger partial charge in [0, 0.05) is 16.6 Å². The minimum Gasteiger partial charge on any atom is -0.326 e. The molecule has 0 radical (unpaired) electrons. The fourth-order valence-electron chi connectivity index (χ4n) is 2.71. The molecule has 2 rings (SSSR count). The molecule has 0 amide bonds. The highest BCUT2D eigenvalue weighted by atomic mass is 79.9. The van der Waals surface area contributed by atoms with Crippen LogP contribution in [0.15, 0.2) is 28.7 Å². The molecular weight excluding hydrogens is 288 g/mol. The zero-order valence-electron chi connectivity index (χ0n) is 11.3. The monoisotopic (exact) mass is 310 g/mol. The molecule has 2 atom stereocenters. The Morgan fingerprint density at radius 3 is 2.56 bits per heavy atom. The Morgan fingerprint density at radius 2 is 2.06 bits per heavy atom. The van der Waals surface area contributed by atoms with E-state index in [-0.39, 0.29) is 6.04 Å². The summed E-state index contributed by atoms with van der Waals surface area (Å²) in [4.78, 5) is 2.48. The van der Waals surface area contributed by atoms with Gasteiger partial charge in [-0.3, -0.25) is 4.90 Å². The second kappa shape index (κ2) is 6.18. The third-order valence-corrected chi connectivity index (χ3v) is 4.91. The average molecular weight is 311 g/mol. The minimum absolute atomic E-state index is 0.189. The van der Waals surface area contributed by atoms with E-state index >= 15 is 0 Å². The van der Waals surface area contributed by atoms with E-state index in [1.165, 1.54) is 29.3 Å². The smallest absolute Gasteiger partial charge is 0.0510 e. The molecule has 1 fully saturated rings. The van der Waals surface area contributed by atoms with Crippen molar-refractivity contribution in [1.29, 1.82) is 0 Å². The molecule has 0 aromatic heterocycles. The fourth-order valence-corrected chi connectivity index (χ4v) is 3.23. The van der Waals surface area contributed by atoms with Gasteiger partial charge in [0.2, 0.25) is 0 Å². The number of hydrogen-bond donors (Lipinski definition) is 1. The maximum absolute atomic E-state index is 6.37. The number of likely N-dealkylation sites (N-methyl/N-ethyl adjacent to an activating group) is 1. The number of nitrogens with two attached hydrogens (primary N) is 1. The van der Waals surface area contributed by atoms with Crippen LogP contribution >= 0.6 is 15.9 Å². The Bertz CT molecular complexity index is 390. The predicted molar refractivity (Wildman–Crippen MR) is 80.6 cm³/mol. The standard InChI is InChI=1S/C15H23BrN2/c1-3-14(17)15(18(2)11-7-6-8-11)12-9-4-5-10-13(12)16/h4-5,9-11,14-15H,3,6-8,17H2,1-2H3. The van der Waals surface area contributed by atoms with Crippen LogP contribution in [0.4, 0.5) is 0 Å². The maximum Gasteiger partial charge on any atom is 0.0510 e. The van der Waals surface area contributed by atoms with Crippen molar-refractivity contribution in [1.82, 2.24) is 4.90 Å². The van der Waals surface area contributed by atoms with Crippen molar-refractivity contribution < 1.29 is 0 Å². The molecule has 1 aliphatic rings. The van der Waals surface area contributed by atoms with Crippen molar-refractivity contribution in [3.05, 3.63) is 34.3 Å². The van der Waals surface area contributed by atoms with Gasteiger partial charge in [0.05, 0.1) is 6.04 Å². The molecule has 1 aromatic rings. The highest BCUT2D eigenvalue weighted by Gasteiger charge is 2.32. The molecule has 0 aliphatic heterocycles. The largest absolute Gasteiger partial charge is 0.326 e. The lowest BCUT2D eigenvalue weighted by atomic mass is 9.87. The molecule has 100 valence electrons. The molecule has 18 heavy (non-hydrogen) atoms. The Labute approximate surface area is 119 Å². The molecule has 0 spiro atoms. The molecule has 1 saturated carbocycles. The number of benzene rings is 1. The first-order chi connectivity index (χ1) is 8.65. The summed E-state index contributed by atoms with van der Waals surface area (Å²) < 4.78 is 1.17. The number of halogens is 1. The Balaban J connectivity index is 2.27. The molecule has 0 heterocycles. The fraction of sp³-hybridized carbons (Fsp3) is 0.600. The normalized spacial score (nSPS) is 19.6. The summed E-state index contributed by atoms with van der Waals surface area (Å²) in [6, 6.07) is 9.68. The molecule has 2 N–H and O–H groups in total. The molecular formula is C15H23BrN2. The van der Waals surface area contributed by atoms with Crippen molar-refractivity contribution in [2.45, 2.75) is 50.7 Å². The SMILES string of the molecule is CCC(N)C(c1ccccc1Br)N(C)C1CCC1. The zero-order chi connectivity index (χ0) is 13.1. The van der Waals surface area contributed by atoms with E-state index in [0.717, 1.165) is 6.42 Å². The van der Waals surface area contributed by atoms with E-state index < -0.39 is 0 Å². The van der Waals surface area contributed by atoms with Crippen LogP contribution in [0.1, 0.15) is 44.2 Å². The van der Waals surface area contributed by atoms with Crippen molar-refractivity contribution in [3.8, 4) is 0 Å². The van der Waals surface area contributed by atoms with Crippen LogP contribution in [0.2, 0.25) is 0 Å². The predicted octanol–water partition coefficient (Wildman–Crippen LogP) is 3.71. The number of rotatable bonds is 5. The lowest BCUT2D eigenvalue weighted by Crippen LogP contribution is -2.46. The third kappa shape index (κ3) is 2.79. The molecule has 1 aliphatic carbocycles. The van der Waals surface area contributed by atoms with Crippen LogP contribution in [0.25, 0.3) is 0 Å². The quantitative estimate of drug-likeness (QED) is 0.898. The third-order valence-electron chi connectivity index (χ3n) is 4.19. The highest BCUT2D eigenvalue weighted by molar-refractivity contribution is 9.10. The molecule has 2 nitrogen and oxygen atoms in total. The van der Waals surface area contributed by atoms with E-state index in [9.17, 15) is 0 Å². The summed E-state index contributed by atoms with van der Waals surface area (Å²) in [6.07, 6.45) is 4.99. The van der Waals surface area contributed by atoms with Crippen LogP contribution in [0.5, 0.6) is 0 Å². The number of nitrogens with zero attached hydrogens (tertiary/aromatic N) is 1. The van der Waals surface area contributed by atoms with Gasteiger partial charge in [-0.1, -0.05) is 47.5 Å². The lowest BCUT2D eigenvalue weighted by Gasteiger charge is -2.42. The van der Waals surface area contributed by atoms with Crippen molar-refractivity contribution in [2.75, 3.05) is 7.05 Å². The summed E-state index contributed by atoms with van der Waals surface area (Å²) in [5, 5.41) is 0. The molecule has 3 heteroatoms. The van der Waals surface area contributed by atoms with Gasteiger partial charge in [-0.15, -0.1) is 0 Å². The lowest BCUT2D eigenvalue weighted by molar-refractivity contribution is 0.0935. The molecule has 1 aromatic carbocycles. The van der Waals surface area contributed by atoms with Crippen LogP contribution in [0, 0.1) is 0 Å². The van der Waals surface area contributed by atoms with Crippen molar-refractivity contribution in [3.63, 3.8) is 0 Å². The van der Waals surface area contributed by atoms with Gasteiger partial charge >= 0.3 is 0 Å². The van der Waals surface area contributed by atoms with Gasteiger partial charge in [-0.25, -0.2) is 0 Å². The summed E-state index contributed by atoms with van der Waals surface area (Å²) in [5.74, 6) is 0. The van der Waals surface area contributed by atoms with E-state index in [2.05, 4.69) is 59.1 Å². The van der Waals surface area contributed by atoms with Crippen LogP contribution < -0.4 is 5.73 Å². The molecule has 0 saturated heterocycles. The zero-order valence-corrected chi connectivity index (χ0v) is 12.9. The second-order valence-corrected chi connectivity index (χ2v) is 6.14. The highest BCUT2D eigenvalue weighted by Crippen LogP contribution is 2.35. The first kappa shape index (κ1) is 14.0. The first-order valence-electron chi connectivity index (χ1n) is 6.87. The van der Waals surface area contributed by atoms with E-state index in [4.69, 9.17) is 5.73 Å². The van der Waals surface area contributed by atoms with E-state index in [0.29, 0.717) is 12.1 Å². The average Bonchev–Trinajstić information content (AvgIpc) is 2.29. The van der Waals surface area contributed by atoms with Crippen molar-refractivity contribution >= 4 is 15.9 Å². The van der Waals surface area contributed by atoms with Gasteiger partial charge in [0.15, 0.2) is 0 Å². The second-order valence-electron chi connectivity index (χ2n) is 5.29. The minimum atomic E-state index is 0.189. The Kier molecular flexibility index (Phi) is 4.82. The molecule has 0 bridgehead atoms. The van der Waals surface area contributed by atoms with Gasteiger partial charge in [0.25, 0.3) is 0 Å². The number of hydrogen-bond acceptors (Lipinski definition) is 2. The summed E-state index contributed by atoms with van der Waals surface area (Å²) in [6.45, 7) is 2.17. The van der Waals surface area contributed by atoms with E-state index in [1.807, 2.05) is 0 Å². The van der Waals surface area contributed by atoms with Crippen molar-refractivity contribution in [2.24, 2.45) is 5.73 Å². The van der Waals surface area contributed by atoms with Crippen LogP contribution in [-0.4, -0.2) is 24.0 Å². The Hall–Kier alpha value is -0.380. The topological polar surface area (TPSA) is 29.3 Å². The summed E-state index contributed by atoms with van der Waals surface area (Å²) in [7, 11) is 2.23. The van der Waals surface area contributed by atoms with Gasteiger partial charge < -0.3 is 5.73 Å². The Morgan fingerprint density at radius 1 is 1.39 bits per heavy atom. The van der Waals surface area contributed by atoms with Crippen LogP contribution in [-0.2, 0) is 0 Å². The summed E-state index contributed by atoms with van der Waals surface area (Å²) in [5.41, 5.74) is 7.69. The van der Waals surface area contributed by atoms with Crippen LogP contribution in [0.3, 0.4) is 0 Å². The summed E-state index contributed by atoms with van der Waals surface area (Å²) >= 11 is 3.67. The first-order valence-corrected chi connectivity index (χ1v) is 7.66.